The minimum absolute atomic E-state index is 0.0236. The maximum absolute atomic E-state index is 12.5. The molecule has 1 amide bonds. The van der Waals surface area contributed by atoms with Crippen molar-refractivity contribution >= 4 is 55.7 Å². The molecule has 3 aromatic heterocycles. The third-order valence-electron chi connectivity index (χ3n) is 4.95. The third-order valence-corrected chi connectivity index (χ3v) is 8.10. The van der Waals surface area contributed by atoms with Crippen LogP contribution in [0.1, 0.15) is 53.0 Å². The number of thiazole rings is 1. The van der Waals surface area contributed by atoms with Gasteiger partial charge in [0.25, 0.3) is 0 Å². The van der Waals surface area contributed by atoms with Crippen LogP contribution in [0.3, 0.4) is 0 Å². The van der Waals surface area contributed by atoms with Crippen molar-refractivity contribution < 1.29 is 4.79 Å². The zero-order chi connectivity index (χ0) is 19.7. The predicted octanol–water partition coefficient (Wildman–Crippen LogP) is 5.33. The van der Waals surface area contributed by atoms with E-state index in [0.29, 0.717) is 5.75 Å². The number of anilines is 1. The maximum atomic E-state index is 12.5. The molecule has 0 bridgehead atoms. The molecule has 0 aromatic carbocycles. The Morgan fingerprint density at radius 3 is 2.75 bits per heavy atom. The van der Waals surface area contributed by atoms with Gasteiger partial charge in [0.05, 0.1) is 11.4 Å². The van der Waals surface area contributed by atoms with Crippen LogP contribution in [0.5, 0.6) is 0 Å². The second-order valence-corrected chi connectivity index (χ2v) is 10.3. The summed E-state index contributed by atoms with van der Waals surface area (Å²) in [7, 11) is 0. The first kappa shape index (κ1) is 19.8. The number of amides is 1. The summed E-state index contributed by atoms with van der Waals surface area (Å²) in [6.07, 6.45) is 6.41. The van der Waals surface area contributed by atoms with Crippen molar-refractivity contribution in [1.29, 1.82) is 0 Å². The molecule has 0 spiro atoms. The number of nitrogens with one attached hydrogen (secondary N) is 1. The molecule has 5 nitrogen and oxygen atoms in total. The summed E-state index contributed by atoms with van der Waals surface area (Å²) in [6.45, 7) is 6.36. The van der Waals surface area contributed by atoms with E-state index < -0.39 is 0 Å². The van der Waals surface area contributed by atoms with E-state index in [1.54, 1.807) is 22.7 Å². The van der Waals surface area contributed by atoms with Gasteiger partial charge in [-0.15, -0.1) is 22.7 Å². The van der Waals surface area contributed by atoms with Crippen LogP contribution in [0.15, 0.2) is 5.03 Å². The highest BCUT2D eigenvalue weighted by Gasteiger charge is 2.18. The van der Waals surface area contributed by atoms with Gasteiger partial charge in [-0.1, -0.05) is 18.7 Å². The van der Waals surface area contributed by atoms with Crippen LogP contribution >= 0.6 is 34.4 Å². The normalized spacial score (nSPS) is 13.7. The molecule has 0 saturated heterocycles. The van der Waals surface area contributed by atoms with Crippen molar-refractivity contribution in [2.24, 2.45) is 0 Å². The number of nitrogens with zero attached hydrogens (tertiary/aromatic N) is 3. The average molecular weight is 433 g/mol. The lowest BCUT2D eigenvalue weighted by Crippen LogP contribution is -2.14. The zero-order valence-electron chi connectivity index (χ0n) is 16.4. The molecular formula is C20H24N4OS3. The molecule has 8 heteroatoms. The van der Waals surface area contributed by atoms with Gasteiger partial charge in [-0.25, -0.2) is 15.0 Å². The number of fused-ring (bicyclic) bond motifs is 2. The molecule has 0 fully saturated rings. The fourth-order valence-corrected chi connectivity index (χ4v) is 6.47. The summed E-state index contributed by atoms with van der Waals surface area (Å²) >= 11 is 4.84. The number of carbonyl (C=O) groups excluding carboxylic acids is 1. The number of thioether (sulfide) groups is 1. The van der Waals surface area contributed by atoms with E-state index >= 15 is 0 Å². The first-order chi connectivity index (χ1) is 13.5. The van der Waals surface area contributed by atoms with Gasteiger partial charge in [-0.2, -0.15) is 0 Å². The van der Waals surface area contributed by atoms with Crippen molar-refractivity contribution in [2.45, 2.75) is 64.3 Å². The van der Waals surface area contributed by atoms with Crippen molar-refractivity contribution in [1.82, 2.24) is 15.0 Å². The Balaban J connectivity index is 1.49. The van der Waals surface area contributed by atoms with Crippen LogP contribution in [-0.4, -0.2) is 26.6 Å². The Labute approximate surface area is 177 Å². The van der Waals surface area contributed by atoms with E-state index in [-0.39, 0.29) is 5.91 Å². The number of hydrogen-bond donors (Lipinski definition) is 1. The van der Waals surface area contributed by atoms with Gasteiger partial charge in [0.2, 0.25) is 5.91 Å². The lowest BCUT2D eigenvalue weighted by Gasteiger charge is -2.06. The van der Waals surface area contributed by atoms with Gasteiger partial charge < -0.3 is 5.32 Å². The molecule has 148 valence electrons. The summed E-state index contributed by atoms with van der Waals surface area (Å²) in [6, 6.07) is 0. The minimum Gasteiger partial charge on any atom is -0.301 e. The van der Waals surface area contributed by atoms with Crippen molar-refractivity contribution in [3.05, 3.63) is 26.8 Å². The molecule has 1 N–H and O–H groups in total. The van der Waals surface area contributed by atoms with E-state index in [9.17, 15) is 4.79 Å². The van der Waals surface area contributed by atoms with E-state index in [1.165, 1.54) is 45.6 Å². The van der Waals surface area contributed by atoms with Gasteiger partial charge in [-0.3, -0.25) is 4.79 Å². The van der Waals surface area contributed by atoms with E-state index in [2.05, 4.69) is 31.1 Å². The standard InChI is InChI=1S/C20H24N4OS3/c1-4-7-15-22-18(17-11(2)12(3)27-19(17)23-15)26-10-16(25)24-20-21-13-8-5-6-9-14(13)28-20/h4-10H2,1-3H3,(H,21,24,25). The van der Waals surface area contributed by atoms with Crippen LogP contribution < -0.4 is 5.32 Å². The Hall–Kier alpha value is -1.51. The maximum Gasteiger partial charge on any atom is 0.236 e. The molecule has 3 aromatic rings. The largest absolute Gasteiger partial charge is 0.301 e. The third kappa shape index (κ3) is 4.09. The molecular weight excluding hydrogens is 408 g/mol. The molecule has 0 radical (unpaired) electrons. The van der Waals surface area contributed by atoms with Gasteiger partial charge in [-0.05, 0) is 51.5 Å². The number of carbonyl (C=O) groups is 1. The van der Waals surface area contributed by atoms with E-state index in [4.69, 9.17) is 9.97 Å². The fourth-order valence-electron chi connectivity index (χ4n) is 3.39. The number of thiophene rings is 1. The van der Waals surface area contributed by atoms with Crippen molar-refractivity contribution in [3.8, 4) is 0 Å². The Morgan fingerprint density at radius 1 is 1.14 bits per heavy atom. The SMILES string of the molecule is CCCc1nc(SCC(=O)Nc2nc3c(s2)CCCC3)c2c(C)c(C)sc2n1. The van der Waals surface area contributed by atoms with Crippen molar-refractivity contribution in [3.63, 3.8) is 0 Å². The molecule has 28 heavy (non-hydrogen) atoms. The second kappa shape index (κ2) is 8.47. The average Bonchev–Trinajstić information content (AvgIpc) is 3.20. The Morgan fingerprint density at radius 2 is 1.96 bits per heavy atom. The van der Waals surface area contributed by atoms with Gasteiger partial charge in [0.1, 0.15) is 15.7 Å². The monoisotopic (exact) mass is 432 g/mol. The molecule has 0 aliphatic heterocycles. The number of aromatic nitrogens is 3. The molecule has 3 heterocycles. The molecule has 0 unspecified atom stereocenters. The highest BCUT2D eigenvalue weighted by Crippen LogP contribution is 2.35. The molecule has 4 rings (SSSR count). The van der Waals surface area contributed by atoms with Crippen LogP contribution in [0, 0.1) is 13.8 Å². The lowest BCUT2D eigenvalue weighted by atomic mass is 10.0. The molecule has 1 aliphatic carbocycles. The topological polar surface area (TPSA) is 67.8 Å². The number of rotatable bonds is 6. The zero-order valence-corrected chi connectivity index (χ0v) is 18.9. The van der Waals surface area contributed by atoms with Crippen LogP contribution in [0.25, 0.3) is 10.2 Å². The van der Waals surface area contributed by atoms with Crippen molar-refractivity contribution in [2.75, 3.05) is 11.1 Å². The first-order valence-electron chi connectivity index (χ1n) is 9.73. The highest BCUT2D eigenvalue weighted by molar-refractivity contribution is 8.00. The fraction of sp³-hybridized carbons (Fsp3) is 0.500. The predicted molar refractivity (Wildman–Crippen MR) is 119 cm³/mol. The quantitative estimate of drug-likeness (QED) is 0.421. The second-order valence-electron chi connectivity index (χ2n) is 7.09. The van der Waals surface area contributed by atoms with Gasteiger partial charge in [0.15, 0.2) is 5.13 Å². The molecule has 0 saturated carbocycles. The van der Waals surface area contributed by atoms with E-state index in [0.717, 1.165) is 51.9 Å². The summed E-state index contributed by atoms with van der Waals surface area (Å²) in [5.41, 5.74) is 2.39. The Bertz CT molecular complexity index is 1000. The van der Waals surface area contributed by atoms with E-state index in [1.807, 2.05) is 0 Å². The summed E-state index contributed by atoms with van der Waals surface area (Å²) < 4.78 is 0. The Kier molecular flexibility index (Phi) is 5.99. The smallest absolute Gasteiger partial charge is 0.236 e. The molecule has 1 aliphatic rings. The van der Waals surface area contributed by atoms with Crippen LogP contribution in [0.4, 0.5) is 5.13 Å². The van der Waals surface area contributed by atoms with Gasteiger partial charge in [0, 0.05) is 21.6 Å². The summed E-state index contributed by atoms with van der Waals surface area (Å²) in [4.78, 5) is 30.2. The minimum atomic E-state index is -0.0236. The highest BCUT2D eigenvalue weighted by atomic mass is 32.2. The summed E-state index contributed by atoms with van der Waals surface area (Å²) in [5.74, 6) is 1.17. The first-order valence-corrected chi connectivity index (χ1v) is 12.3. The molecule has 0 atom stereocenters. The summed E-state index contributed by atoms with van der Waals surface area (Å²) in [5, 5.41) is 5.74. The number of hydrogen-bond acceptors (Lipinski definition) is 7. The van der Waals surface area contributed by atoms with Gasteiger partial charge >= 0.3 is 0 Å². The lowest BCUT2D eigenvalue weighted by molar-refractivity contribution is -0.113. The van der Waals surface area contributed by atoms with Crippen LogP contribution in [-0.2, 0) is 24.1 Å². The number of aryl methyl sites for hydroxylation is 5. The van der Waals surface area contributed by atoms with Crippen LogP contribution in [0.2, 0.25) is 0 Å².